The fourth-order valence-corrected chi connectivity index (χ4v) is 0.339. The van der Waals surface area contributed by atoms with Crippen molar-refractivity contribution in [2.75, 3.05) is 6.61 Å². The molecule has 0 bridgehead atoms. The van der Waals surface area contributed by atoms with E-state index in [1.807, 2.05) is 13.0 Å². The molecule has 0 aliphatic heterocycles. The zero-order valence-corrected chi connectivity index (χ0v) is 5.89. The van der Waals surface area contributed by atoms with Gasteiger partial charge >= 0.3 is 5.97 Å². The number of ether oxygens (including phenoxy) is 1. The summed E-state index contributed by atoms with van der Waals surface area (Å²) in [7, 11) is 0. The minimum Gasteiger partial charge on any atom is -0.461 e. The molecule has 0 heterocycles. The lowest BCUT2D eigenvalue weighted by molar-refractivity contribution is -0.141. The van der Waals surface area contributed by atoms with Crippen LogP contribution in [0.2, 0.25) is 0 Å². The van der Waals surface area contributed by atoms with E-state index in [9.17, 15) is 4.79 Å². The molecule has 2 heteroatoms. The van der Waals surface area contributed by atoms with E-state index in [0.29, 0.717) is 13.0 Å². The van der Waals surface area contributed by atoms with E-state index in [2.05, 4.69) is 0 Å². The van der Waals surface area contributed by atoms with Gasteiger partial charge in [-0.2, -0.15) is 0 Å². The van der Waals surface area contributed by atoms with E-state index in [0.717, 1.165) is 0 Å². The predicted octanol–water partition coefficient (Wildman–Crippen LogP) is 1.52. The van der Waals surface area contributed by atoms with Crippen molar-refractivity contribution >= 4 is 5.97 Å². The smallest absolute Gasteiger partial charge is 0.305 e. The number of hydrogen-bond acceptors (Lipinski definition) is 2. The molecule has 0 rings (SSSR count). The summed E-state index contributed by atoms with van der Waals surface area (Å²) in [5.74, 6) is -0.145. The molecule has 52 valence electrons. The summed E-state index contributed by atoms with van der Waals surface area (Å²) in [6.07, 6.45) is 4.11. The summed E-state index contributed by atoms with van der Waals surface area (Å²) in [5, 5.41) is 0. The number of rotatable bonds is 3. The van der Waals surface area contributed by atoms with E-state index in [1.165, 1.54) is 0 Å². The Morgan fingerprint density at radius 1 is 1.67 bits per heavy atom. The van der Waals surface area contributed by atoms with Crippen LogP contribution in [-0.4, -0.2) is 12.6 Å². The molecule has 9 heavy (non-hydrogen) atoms. The second kappa shape index (κ2) is 5.35. The highest BCUT2D eigenvalue weighted by Crippen LogP contribution is 1.83. The summed E-state index contributed by atoms with van der Waals surface area (Å²) in [4.78, 5) is 10.4. The van der Waals surface area contributed by atoms with Crippen molar-refractivity contribution in [2.24, 2.45) is 0 Å². The summed E-state index contributed by atoms with van der Waals surface area (Å²) >= 11 is 0. The highest BCUT2D eigenvalue weighted by Gasteiger charge is 1.92. The van der Waals surface area contributed by atoms with Crippen LogP contribution in [0, 0.1) is 0 Å². The van der Waals surface area contributed by atoms with Crippen LogP contribution in [0.25, 0.3) is 0 Å². The molecule has 0 aliphatic rings. The second-order valence-corrected chi connectivity index (χ2v) is 1.61. The number of esters is 1. The van der Waals surface area contributed by atoms with Crippen LogP contribution < -0.4 is 0 Å². The molecule has 0 aromatic carbocycles. The Kier molecular flexibility index (Phi) is 4.88. The van der Waals surface area contributed by atoms with Crippen LogP contribution in [0.3, 0.4) is 0 Å². The lowest BCUT2D eigenvalue weighted by Gasteiger charge is -1.95. The highest BCUT2D eigenvalue weighted by atomic mass is 16.5. The molecule has 0 fully saturated rings. The molecule has 0 aliphatic carbocycles. The summed E-state index contributed by atoms with van der Waals surface area (Å²) in [6.45, 7) is 4.07. The van der Waals surface area contributed by atoms with Crippen molar-refractivity contribution in [3.63, 3.8) is 0 Å². The van der Waals surface area contributed by atoms with Crippen molar-refractivity contribution in [2.45, 2.75) is 20.3 Å². The quantitative estimate of drug-likeness (QED) is 0.425. The van der Waals surface area contributed by atoms with Gasteiger partial charge in [0.1, 0.15) is 6.61 Å². The Labute approximate surface area is 55.5 Å². The zero-order valence-electron chi connectivity index (χ0n) is 5.89. The van der Waals surface area contributed by atoms with Gasteiger partial charge in [-0.25, -0.2) is 0 Å². The molecule has 0 saturated heterocycles. The number of hydrogen-bond donors (Lipinski definition) is 0. The van der Waals surface area contributed by atoms with Crippen molar-refractivity contribution in [1.29, 1.82) is 0 Å². The normalized spacial score (nSPS) is 10.0. The first-order valence-electron chi connectivity index (χ1n) is 3.08. The Hall–Kier alpha value is -0.790. The third-order valence-electron chi connectivity index (χ3n) is 0.865. The van der Waals surface area contributed by atoms with E-state index >= 15 is 0 Å². The first-order chi connectivity index (χ1) is 4.31. The Morgan fingerprint density at radius 2 is 2.33 bits per heavy atom. The summed E-state index contributed by atoms with van der Waals surface area (Å²) < 4.78 is 4.71. The third-order valence-corrected chi connectivity index (χ3v) is 0.865. The second-order valence-electron chi connectivity index (χ2n) is 1.61. The molecule has 0 amide bonds. The number of carbonyl (C=O) groups is 1. The molecule has 0 saturated carbocycles. The SMILES string of the molecule is CC=CCOC(=O)CC. The van der Waals surface area contributed by atoms with E-state index < -0.39 is 0 Å². The van der Waals surface area contributed by atoms with Gasteiger partial charge in [0.2, 0.25) is 0 Å². The van der Waals surface area contributed by atoms with E-state index in [1.54, 1.807) is 13.0 Å². The van der Waals surface area contributed by atoms with Gasteiger partial charge in [-0.1, -0.05) is 19.1 Å². The number of allylic oxidation sites excluding steroid dienone is 1. The topological polar surface area (TPSA) is 26.3 Å². The van der Waals surface area contributed by atoms with Crippen LogP contribution in [0.15, 0.2) is 12.2 Å². The van der Waals surface area contributed by atoms with Gasteiger partial charge in [-0.3, -0.25) is 4.79 Å². The van der Waals surface area contributed by atoms with Crippen molar-refractivity contribution in [3.8, 4) is 0 Å². The fraction of sp³-hybridized carbons (Fsp3) is 0.571. The van der Waals surface area contributed by atoms with Gasteiger partial charge in [0.05, 0.1) is 0 Å². The van der Waals surface area contributed by atoms with Gasteiger partial charge < -0.3 is 4.74 Å². The monoisotopic (exact) mass is 128 g/mol. The molecule has 0 atom stereocenters. The van der Waals surface area contributed by atoms with Crippen molar-refractivity contribution < 1.29 is 9.53 Å². The maximum Gasteiger partial charge on any atom is 0.305 e. The van der Waals surface area contributed by atoms with Crippen LogP contribution in [0.5, 0.6) is 0 Å². The average Bonchev–Trinajstić information content (AvgIpc) is 1.89. The van der Waals surface area contributed by atoms with Crippen LogP contribution in [-0.2, 0) is 9.53 Å². The molecule has 0 radical (unpaired) electrons. The van der Waals surface area contributed by atoms with Gasteiger partial charge in [-0.15, -0.1) is 0 Å². The largest absolute Gasteiger partial charge is 0.461 e. The molecular weight excluding hydrogens is 116 g/mol. The minimum absolute atomic E-state index is 0.145. The maximum absolute atomic E-state index is 10.4. The van der Waals surface area contributed by atoms with Crippen LogP contribution in [0.1, 0.15) is 20.3 Å². The maximum atomic E-state index is 10.4. The highest BCUT2D eigenvalue weighted by molar-refractivity contribution is 5.68. The summed E-state index contributed by atoms with van der Waals surface area (Å²) in [5.41, 5.74) is 0. The Morgan fingerprint density at radius 3 is 2.78 bits per heavy atom. The lowest BCUT2D eigenvalue weighted by Crippen LogP contribution is -2.01. The molecule has 2 nitrogen and oxygen atoms in total. The van der Waals surface area contributed by atoms with E-state index in [-0.39, 0.29) is 5.97 Å². The molecular formula is C7H12O2. The van der Waals surface area contributed by atoms with Gasteiger partial charge in [0.15, 0.2) is 0 Å². The van der Waals surface area contributed by atoms with Gasteiger partial charge in [0.25, 0.3) is 0 Å². The van der Waals surface area contributed by atoms with Crippen molar-refractivity contribution in [3.05, 3.63) is 12.2 Å². The molecule has 0 aromatic rings. The summed E-state index contributed by atoms with van der Waals surface area (Å²) in [6, 6.07) is 0. The standard InChI is InChI=1S/C7H12O2/c1-3-5-6-9-7(8)4-2/h3,5H,4,6H2,1-2H3. The van der Waals surface area contributed by atoms with Gasteiger partial charge in [0, 0.05) is 6.42 Å². The molecule has 0 unspecified atom stereocenters. The van der Waals surface area contributed by atoms with Crippen LogP contribution in [0.4, 0.5) is 0 Å². The predicted molar refractivity (Wildman–Crippen MR) is 36.1 cm³/mol. The third kappa shape index (κ3) is 5.07. The average molecular weight is 128 g/mol. The first-order valence-corrected chi connectivity index (χ1v) is 3.08. The Bertz CT molecular complexity index is 105. The molecule has 0 spiro atoms. The zero-order chi connectivity index (χ0) is 7.11. The van der Waals surface area contributed by atoms with Crippen molar-refractivity contribution in [1.82, 2.24) is 0 Å². The molecule has 0 aromatic heterocycles. The minimum atomic E-state index is -0.145. The molecule has 0 N–H and O–H groups in total. The van der Waals surface area contributed by atoms with Crippen LogP contribution >= 0.6 is 0 Å². The Balaban J connectivity index is 3.17. The van der Waals surface area contributed by atoms with E-state index in [4.69, 9.17) is 4.74 Å². The lowest BCUT2D eigenvalue weighted by atomic mass is 10.5. The number of carbonyl (C=O) groups excluding carboxylic acids is 1. The first kappa shape index (κ1) is 8.21. The fourth-order valence-electron chi connectivity index (χ4n) is 0.339. The van der Waals surface area contributed by atoms with Gasteiger partial charge in [-0.05, 0) is 6.92 Å².